The molecule has 6 heterocycles. The van der Waals surface area contributed by atoms with Crippen molar-refractivity contribution in [2.75, 3.05) is 68.8 Å². The second-order valence-electron chi connectivity index (χ2n) is 12.2. The molecule has 4 fully saturated rings. The minimum atomic E-state index is -0.537. The molecular formula is C28H41N8O4+. The minimum absolute atomic E-state index is 0.0928. The van der Waals surface area contributed by atoms with Gasteiger partial charge in [0.1, 0.15) is 12.1 Å². The number of ether oxygens (including phenoxy) is 2. The van der Waals surface area contributed by atoms with E-state index in [4.69, 9.17) is 24.4 Å². The molecule has 6 rings (SSSR count). The predicted molar refractivity (Wildman–Crippen MR) is 147 cm³/mol. The number of likely N-dealkylation sites (tertiary alicyclic amines) is 1. The topological polar surface area (TPSA) is 120 Å². The summed E-state index contributed by atoms with van der Waals surface area (Å²) in [6.45, 7) is 12.0. The molecule has 40 heavy (non-hydrogen) atoms. The fourth-order valence-electron chi connectivity index (χ4n) is 5.88. The van der Waals surface area contributed by atoms with Crippen LogP contribution < -0.4 is 19.7 Å². The number of aromatic nitrogens is 4. The number of amides is 1. The van der Waals surface area contributed by atoms with Gasteiger partial charge in [-0.15, -0.1) is 0 Å². The van der Waals surface area contributed by atoms with Crippen molar-refractivity contribution in [1.29, 1.82) is 0 Å². The number of carbonyl (C=O) groups excluding carboxylic acids is 1. The van der Waals surface area contributed by atoms with Crippen LogP contribution in [-0.2, 0) is 9.47 Å². The van der Waals surface area contributed by atoms with Crippen molar-refractivity contribution in [2.45, 2.75) is 63.4 Å². The second-order valence-corrected chi connectivity index (χ2v) is 12.2. The van der Waals surface area contributed by atoms with Crippen LogP contribution in [0, 0.1) is 0 Å². The lowest BCUT2D eigenvalue weighted by atomic mass is 9.94. The largest absolute Gasteiger partial charge is 0.444 e. The summed E-state index contributed by atoms with van der Waals surface area (Å²) in [5, 5.41) is 13.5. The van der Waals surface area contributed by atoms with Gasteiger partial charge in [0, 0.05) is 64.1 Å². The van der Waals surface area contributed by atoms with Gasteiger partial charge < -0.3 is 34.6 Å². The van der Waals surface area contributed by atoms with E-state index < -0.39 is 5.60 Å². The zero-order chi connectivity index (χ0) is 27.9. The maximum atomic E-state index is 12.7. The average Bonchev–Trinajstić information content (AvgIpc) is 2.87. The average molecular weight is 554 g/mol. The fraction of sp³-hybridized carbons (Fsp3) is 0.679. The Morgan fingerprint density at radius 2 is 1.73 bits per heavy atom. The molecule has 0 bridgehead atoms. The standard InChI is InChI=1S/C28H41N8O4/c1-28(2,3)40-27(38)35-16-20(17-35)24-26(33-9-4-21(37)5-10-33)32-8-11-36(24)22-18-34(12-13-39-22)25-23(19-14-29-15-19)30-6-7-31-25/h6-8,11,19-22,29,37H,4-5,9-10,12-18H2,1-3H3/q+1. The molecule has 2 aromatic heterocycles. The van der Waals surface area contributed by atoms with Crippen LogP contribution in [0.15, 0.2) is 24.8 Å². The van der Waals surface area contributed by atoms with Gasteiger partial charge in [0.05, 0.1) is 30.5 Å². The molecule has 4 aliphatic rings. The number of carbonyl (C=O) groups is 1. The van der Waals surface area contributed by atoms with Crippen LogP contribution in [0.4, 0.5) is 16.4 Å². The van der Waals surface area contributed by atoms with Gasteiger partial charge in [-0.1, -0.05) is 0 Å². The Morgan fingerprint density at radius 3 is 2.42 bits per heavy atom. The van der Waals surface area contributed by atoms with Crippen molar-refractivity contribution in [2.24, 2.45) is 0 Å². The number of aliphatic hydroxyl groups excluding tert-OH is 1. The highest BCUT2D eigenvalue weighted by molar-refractivity contribution is 5.69. The number of nitrogens with zero attached hydrogens (tertiary/aromatic N) is 7. The van der Waals surface area contributed by atoms with Crippen molar-refractivity contribution in [3.8, 4) is 0 Å². The summed E-state index contributed by atoms with van der Waals surface area (Å²) in [6.07, 6.45) is 7.99. The van der Waals surface area contributed by atoms with Crippen LogP contribution in [0.2, 0.25) is 0 Å². The Labute approximate surface area is 235 Å². The minimum Gasteiger partial charge on any atom is -0.444 e. The van der Waals surface area contributed by atoms with E-state index in [1.54, 1.807) is 17.3 Å². The maximum absolute atomic E-state index is 12.7. The molecule has 12 heteroatoms. The van der Waals surface area contributed by atoms with E-state index in [-0.39, 0.29) is 24.3 Å². The van der Waals surface area contributed by atoms with Gasteiger partial charge in [0.15, 0.2) is 17.8 Å². The van der Waals surface area contributed by atoms with Crippen LogP contribution in [-0.4, -0.2) is 102 Å². The monoisotopic (exact) mass is 553 g/mol. The first kappa shape index (κ1) is 27.1. The van der Waals surface area contributed by atoms with Crippen molar-refractivity contribution in [1.82, 2.24) is 25.2 Å². The van der Waals surface area contributed by atoms with Crippen molar-refractivity contribution < 1.29 is 23.9 Å². The first-order valence-corrected chi connectivity index (χ1v) is 14.5. The number of morpholine rings is 1. The molecule has 4 saturated heterocycles. The lowest BCUT2D eigenvalue weighted by Gasteiger charge is -2.41. The van der Waals surface area contributed by atoms with E-state index in [1.165, 1.54) is 0 Å². The molecule has 1 atom stereocenters. The fourth-order valence-corrected chi connectivity index (χ4v) is 5.88. The molecule has 2 aromatic rings. The van der Waals surface area contributed by atoms with E-state index in [9.17, 15) is 9.90 Å². The third-order valence-corrected chi connectivity index (χ3v) is 8.15. The smallest absolute Gasteiger partial charge is 0.410 e. The molecule has 12 nitrogen and oxygen atoms in total. The van der Waals surface area contributed by atoms with Crippen molar-refractivity contribution in [3.05, 3.63) is 36.2 Å². The number of nitrogens with one attached hydrogen (secondary N) is 1. The van der Waals surface area contributed by atoms with E-state index in [1.807, 2.05) is 33.2 Å². The van der Waals surface area contributed by atoms with E-state index in [2.05, 4.69) is 19.7 Å². The van der Waals surface area contributed by atoms with Gasteiger partial charge in [0.25, 0.3) is 6.23 Å². The van der Waals surface area contributed by atoms with E-state index in [0.717, 1.165) is 55.7 Å². The van der Waals surface area contributed by atoms with Crippen LogP contribution in [0.1, 0.15) is 63.1 Å². The molecule has 1 amide bonds. The van der Waals surface area contributed by atoms with E-state index >= 15 is 0 Å². The van der Waals surface area contributed by atoms with E-state index in [0.29, 0.717) is 45.0 Å². The lowest BCUT2D eigenvalue weighted by molar-refractivity contribution is -0.768. The first-order valence-electron chi connectivity index (χ1n) is 14.5. The van der Waals surface area contributed by atoms with Crippen LogP contribution in [0.5, 0.6) is 0 Å². The summed E-state index contributed by atoms with van der Waals surface area (Å²) in [4.78, 5) is 33.3. The molecule has 2 N–H and O–H groups in total. The Hall–Kier alpha value is -3.09. The highest BCUT2D eigenvalue weighted by atomic mass is 16.6. The van der Waals surface area contributed by atoms with Gasteiger partial charge in [0.2, 0.25) is 5.69 Å². The summed E-state index contributed by atoms with van der Waals surface area (Å²) in [6, 6.07) is 0. The summed E-state index contributed by atoms with van der Waals surface area (Å²) in [7, 11) is 0. The number of anilines is 2. The zero-order valence-corrected chi connectivity index (χ0v) is 23.7. The van der Waals surface area contributed by atoms with Crippen LogP contribution >= 0.6 is 0 Å². The molecule has 0 aromatic carbocycles. The highest BCUT2D eigenvalue weighted by Gasteiger charge is 2.45. The Morgan fingerprint density at radius 1 is 1.00 bits per heavy atom. The molecular weight excluding hydrogens is 512 g/mol. The van der Waals surface area contributed by atoms with Gasteiger partial charge in [-0.2, -0.15) is 4.57 Å². The molecule has 4 aliphatic heterocycles. The zero-order valence-electron chi connectivity index (χ0n) is 23.7. The third-order valence-electron chi connectivity index (χ3n) is 8.15. The predicted octanol–water partition coefficient (Wildman–Crippen LogP) is 1.18. The Bertz CT molecular complexity index is 1210. The molecule has 0 radical (unpaired) electrons. The van der Waals surface area contributed by atoms with Gasteiger partial charge in [-0.05, 0) is 33.6 Å². The molecule has 0 aliphatic carbocycles. The SMILES string of the molecule is CC(C)(C)OC(=O)N1CC(c2c(N3CCC(O)CC3)ncc[n+]2C2CN(c3nccnc3C3CNC3)CCO2)C1. The molecule has 0 spiro atoms. The molecule has 0 saturated carbocycles. The molecule has 1 unspecified atom stereocenters. The normalized spacial score (nSPS) is 23.1. The van der Waals surface area contributed by atoms with Crippen molar-refractivity contribution in [3.63, 3.8) is 0 Å². The number of piperidine rings is 1. The van der Waals surface area contributed by atoms with Gasteiger partial charge in [-0.3, -0.25) is 4.98 Å². The summed E-state index contributed by atoms with van der Waals surface area (Å²) >= 11 is 0. The van der Waals surface area contributed by atoms with Gasteiger partial charge >= 0.3 is 6.09 Å². The number of hydrogen-bond acceptors (Lipinski definition) is 10. The number of hydrogen-bond donors (Lipinski definition) is 2. The third kappa shape index (κ3) is 5.57. The maximum Gasteiger partial charge on any atom is 0.410 e. The highest BCUT2D eigenvalue weighted by Crippen LogP contribution is 2.34. The van der Waals surface area contributed by atoms with Crippen molar-refractivity contribution >= 4 is 17.7 Å². The summed E-state index contributed by atoms with van der Waals surface area (Å²) in [5.41, 5.74) is 1.57. The lowest BCUT2D eigenvalue weighted by Crippen LogP contribution is -2.59. The Kier molecular flexibility index (Phi) is 7.49. The Balaban J connectivity index is 1.28. The first-order chi connectivity index (χ1) is 19.3. The quantitative estimate of drug-likeness (QED) is 0.522. The van der Waals surface area contributed by atoms with Gasteiger partial charge in [-0.25, -0.2) is 14.8 Å². The number of aliphatic hydroxyl groups is 1. The summed E-state index contributed by atoms with van der Waals surface area (Å²) in [5.74, 6) is 2.31. The van der Waals surface area contributed by atoms with Crippen LogP contribution in [0.25, 0.3) is 0 Å². The van der Waals surface area contributed by atoms with Crippen LogP contribution in [0.3, 0.4) is 0 Å². The summed E-state index contributed by atoms with van der Waals surface area (Å²) < 4.78 is 14.2. The molecule has 216 valence electrons. The second kappa shape index (κ2) is 11.1. The number of rotatable bonds is 5.